The maximum absolute atomic E-state index is 12.6. The third-order valence-corrected chi connectivity index (χ3v) is 6.05. The molecule has 0 spiro atoms. The van der Waals surface area contributed by atoms with Gasteiger partial charge in [0.2, 0.25) is 0 Å². The Kier molecular flexibility index (Phi) is 5.37. The fourth-order valence-corrected chi connectivity index (χ4v) is 4.33. The molecule has 0 bridgehead atoms. The Hall–Kier alpha value is -0.960. The first-order chi connectivity index (χ1) is 9.93. The van der Waals surface area contributed by atoms with E-state index in [4.69, 9.17) is 5.11 Å². The average molecular weight is 323 g/mol. The van der Waals surface area contributed by atoms with Crippen molar-refractivity contribution in [1.29, 1.82) is 0 Å². The average Bonchev–Trinajstić information content (AvgIpc) is 2.70. The zero-order valence-corrected chi connectivity index (χ0v) is 14.4. The highest BCUT2D eigenvalue weighted by molar-refractivity contribution is 8.00. The Morgan fingerprint density at radius 1 is 1.48 bits per heavy atom. The second-order valence-corrected chi connectivity index (χ2v) is 8.59. The highest BCUT2D eigenvalue weighted by Gasteiger charge is 2.27. The summed E-state index contributed by atoms with van der Waals surface area (Å²) in [6.07, 6.45) is 1.02. The van der Waals surface area contributed by atoms with Gasteiger partial charge < -0.3 is 10.0 Å². The lowest BCUT2D eigenvalue weighted by molar-refractivity contribution is 0.0769. The van der Waals surface area contributed by atoms with Crippen LogP contribution in [0.5, 0.6) is 0 Å². The molecule has 0 aromatic carbocycles. The minimum absolute atomic E-state index is 0.110. The van der Waals surface area contributed by atoms with Crippen molar-refractivity contribution in [3.8, 4) is 11.8 Å². The predicted molar refractivity (Wildman–Crippen MR) is 90.1 cm³/mol. The summed E-state index contributed by atoms with van der Waals surface area (Å²) in [7, 11) is 0. The van der Waals surface area contributed by atoms with Crippen molar-refractivity contribution in [2.75, 3.05) is 25.4 Å². The van der Waals surface area contributed by atoms with Gasteiger partial charge in [-0.05, 0) is 25.0 Å². The summed E-state index contributed by atoms with van der Waals surface area (Å²) in [6, 6.07) is 1.91. The molecule has 0 aliphatic carbocycles. The van der Waals surface area contributed by atoms with Crippen LogP contribution >= 0.6 is 23.1 Å². The van der Waals surface area contributed by atoms with E-state index in [-0.39, 0.29) is 17.3 Å². The molecule has 1 aromatic heterocycles. The van der Waals surface area contributed by atoms with Crippen molar-refractivity contribution >= 4 is 29.0 Å². The Bertz CT molecular complexity index is 581. The number of amides is 1. The van der Waals surface area contributed by atoms with Gasteiger partial charge in [0, 0.05) is 23.6 Å². The van der Waals surface area contributed by atoms with Crippen LogP contribution in [-0.4, -0.2) is 46.1 Å². The van der Waals surface area contributed by atoms with Crippen molar-refractivity contribution in [2.45, 2.75) is 31.9 Å². The summed E-state index contributed by atoms with van der Waals surface area (Å²) < 4.78 is 0.248. The molecule has 114 valence electrons. The van der Waals surface area contributed by atoms with Crippen molar-refractivity contribution < 1.29 is 9.90 Å². The van der Waals surface area contributed by atoms with Crippen LogP contribution in [0.25, 0.3) is 0 Å². The molecular weight excluding hydrogens is 302 g/mol. The third-order valence-electron chi connectivity index (χ3n) is 3.53. The van der Waals surface area contributed by atoms with Gasteiger partial charge in [-0.2, -0.15) is 11.8 Å². The van der Waals surface area contributed by atoms with E-state index in [0.717, 1.165) is 40.6 Å². The monoisotopic (exact) mass is 323 g/mol. The van der Waals surface area contributed by atoms with Gasteiger partial charge in [-0.25, -0.2) is 0 Å². The molecule has 5 heteroatoms. The molecule has 1 amide bonds. The number of aliphatic hydroxyl groups is 1. The quantitative estimate of drug-likeness (QED) is 0.808. The second kappa shape index (κ2) is 6.87. The zero-order valence-electron chi connectivity index (χ0n) is 12.7. The lowest BCUT2D eigenvalue weighted by atomic mass is 10.1. The van der Waals surface area contributed by atoms with Gasteiger partial charge in [-0.1, -0.05) is 25.7 Å². The number of thioether (sulfide) groups is 1. The molecule has 1 saturated heterocycles. The molecule has 21 heavy (non-hydrogen) atoms. The maximum atomic E-state index is 12.6. The van der Waals surface area contributed by atoms with Crippen LogP contribution in [0.3, 0.4) is 0 Å². The van der Waals surface area contributed by atoms with Crippen LogP contribution in [0.15, 0.2) is 6.07 Å². The Morgan fingerprint density at radius 3 is 2.95 bits per heavy atom. The van der Waals surface area contributed by atoms with E-state index in [1.54, 1.807) is 0 Å². The molecule has 0 radical (unpaired) electrons. The molecule has 1 aliphatic rings. The standard InChI is InChI=1S/C16H21NO2S2/c1-12-11-14(21-13(12)5-4-9-18)15(19)17-7-6-16(2,3)20-10-8-17/h11,18H,6-10H2,1-3H3. The number of hydrogen-bond acceptors (Lipinski definition) is 4. The first kappa shape index (κ1) is 16.4. The first-order valence-corrected chi connectivity index (χ1v) is 8.86. The molecule has 2 heterocycles. The van der Waals surface area contributed by atoms with Crippen LogP contribution in [-0.2, 0) is 0 Å². The van der Waals surface area contributed by atoms with Crippen molar-refractivity contribution in [3.63, 3.8) is 0 Å². The summed E-state index contributed by atoms with van der Waals surface area (Å²) in [6.45, 7) is 7.90. The van der Waals surface area contributed by atoms with Gasteiger partial charge >= 0.3 is 0 Å². The fraction of sp³-hybridized carbons (Fsp3) is 0.562. The van der Waals surface area contributed by atoms with Gasteiger partial charge in [-0.3, -0.25) is 4.79 Å². The lowest BCUT2D eigenvalue weighted by Crippen LogP contribution is -2.33. The molecule has 1 aliphatic heterocycles. The summed E-state index contributed by atoms with van der Waals surface area (Å²) in [5, 5.41) is 8.77. The highest BCUT2D eigenvalue weighted by atomic mass is 32.2. The summed E-state index contributed by atoms with van der Waals surface area (Å²) >= 11 is 3.36. The number of carbonyl (C=O) groups excluding carboxylic acids is 1. The molecule has 1 fully saturated rings. The van der Waals surface area contributed by atoms with Crippen LogP contribution in [0.2, 0.25) is 0 Å². The molecule has 3 nitrogen and oxygen atoms in total. The molecule has 0 saturated carbocycles. The van der Waals surface area contributed by atoms with E-state index in [1.165, 1.54) is 11.3 Å². The molecule has 2 rings (SSSR count). The summed E-state index contributed by atoms with van der Waals surface area (Å²) in [4.78, 5) is 16.2. The van der Waals surface area contributed by atoms with Gasteiger partial charge in [0.05, 0.1) is 9.75 Å². The van der Waals surface area contributed by atoms with Gasteiger partial charge in [0.25, 0.3) is 5.91 Å². The van der Waals surface area contributed by atoms with E-state index in [2.05, 4.69) is 25.7 Å². The van der Waals surface area contributed by atoms with Crippen LogP contribution < -0.4 is 0 Å². The lowest BCUT2D eigenvalue weighted by Gasteiger charge is -2.22. The number of aryl methyl sites for hydroxylation is 1. The van der Waals surface area contributed by atoms with E-state index in [0.29, 0.717) is 0 Å². The van der Waals surface area contributed by atoms with E-state index in [1.807, 2.05) is 29.7 Å². The van der Waals surface area contributed by atoms with E-state index >= 15 is 0 Å². The summed E-state index contributed by atoms with van der Waals surface area (Å²) in [5.74, 6) is 6.65. The number of aliphatic hydroxyl groups excluding tert-OH is 1. The predicted octanol–water partition coefficient (Wildman–Crippen LogP) is 2.76. The second-order valence-electron chi connectivity index (χ2n) is 5.73. The van der Waals surface area contributed by atoms with Crippen LogP contribution in [0.4, 0.5) is 0 Å². The molecular formula is C16H21NO2S2. The normalized spacial score (nSPS) is 17.8. The number of rotatable bonds is 1. The first-order valence-electron chi connectivity index (χ1n) is 7.06. The number of hydrogen-bond donors (Lipinski definition) is 1. The van der Waals surface area contributed by atoms with Crippen molar-refractivity contribution in [1.82, 2.24) is 4.90 Å². The topological polar surface area (TPSA) is 40.5 Å². The minimum Gasteiger partial charge on any atom is -0.384 e. The largest absolute Gasteiger partial charge is 0.384 e. The zero-order chi connectivity index (χ0) is 15.5. The summed E-state index contributed by atoms with van der Waals surface area (Å²) in [5.41, 5.74) is 1.01. The fourth-order valence-electron chi connectivity index (χ4n) is 2.21. The number of nitrogens with zero attached hydrogens (tertiary/aromatic N) is 1. The molecule has 0 atom stereocenters. The maximum Gasteiger partial charge on any atom is 0.264 e. The van der Waals surface area contributed by atoms with Gasteiger partial charge in [0.15, 0.2) is 0 Å². The Balaban J connectivity index is 2.13. The minimum atomic E-state index is -0.154. The SMILES string of the molecule is Cc1cc(C(=O)N2CCSC(C)(C)CC2)sc1C#CCO. The molecule has 0 unspecified atom stereocenters. The van der Waals surface area contributed by atoms with Crippen LogP contribution in [0.1, 0.15) is 40.4 Å². The molecule has 1 aromatic rings. The Labute approximate surface area is 134 Å². The van der Waals surface area contributed by atoms with Crippen LogP contribution in [0, 0.1) is 18.8 Å². The van der Waals surface area contributed by atoms with Gasteiger partial charge in [0.1, 0.15) is 6.61 Å². The number of thiophene rings is 1. The smallest absolute Gasteiger partial charge is 0.264 e. The third kappa shape index (κ3) is 4.26. The number of carbonyl (C=O) groups is 1. The highest BCUT2D eigenvalue weighted by Crippen LogP contribution is 2.31. The van der Waals surface area contributed by atoms with E-state index in [9.17, 15) is 4.79 Å². The molecule has 1 N–H and O–H groups in total. The Morgan fingerprint density at radius 2 is 2.24 bits per heavy atom. The van der Waals surface area contributed by atoms with Crippen molar-refractivity contribution in [3.05, 3.63) is 21.4 Å². The van der Waals surface area contributed by atoms with Crippen molar-refractivity contribution in [2.24, 2.45) is 0 Å². The van der Waals surface area contributed by atoms with E-state index < -0.39 is 0 Å². The van der Waals surface area contributed by atoms with Gasteiger partial charge in [-0.15, -0.1) is 11.3 Å².